The van der Waals surface area contributed by atoms with Crippen LogP contribution in [0.2, 0.25) is 0 Å². The van der Waals surface area contributed by atoms with E-state index in [1.807, 2.05) is 0 Å². The Morgan fingerprint density at radius 3 is 2.80 bits per heavy atom. The van der Waals surface area contributed by atoms with Gasteiger partial charge >= 0.3 is 0 Å². The van der Waals surface area contributed by atoms with Crippen molar-refractivity contribution in [2.24, 2.45) is 13.0 Å². The van der Waals surface area contributed by atoms with Gasteiger partial charge in [0.1, 0.15) is 5.82 Å². The monoisotopic (exact) mass is 278 g/mol. The summed E-state index contributed by atoms with van der Waals surface area (Å²) >= 11 is 0. The van der Waals surface area contributed by atoms with Crippen LogP contribution in [0.3, 0.4) is 0 Å². The van der Waals surface area contributed by atoms with Gasteiger partial charge in [-0.2, -0.15) is 0 Å². The largest absolute Gasteiger partial charge is 0.356 e. The van der Waals surface area contributed by atoms with Gasteiger partial charge in [0.2, 0.25) is 5.91 Å². The summed E-state index contributed by atoms with van der Waals surface area (Å²) in [6.07, 6.45) is 2.40. The van der Waals surface area contributed by atoms with Crippen LogP contribution in [0.1, 0.15) is 37.0 Å². The minimum Gasteiger partial charge on any atom is -0.356 e. The minimum atomic E-state index is 0.0671. The summed E-state index contributed by atoms with van der Waals surface area (Å²) in [6, 6.07) is 0. The van der Waals surface area contributed by atoms with Gasteiger partial charge in [0.15, 0.2) is 0 Å². The number of piperidine rings is 1. The molecule has 1 fully saturated rings. The van der Waals surface area contributed by atoms with E-state index in [9.17, 15) is 4.79 Å². The lowest BCUT2D eigenvalue weighted by Crippen LogP contribution is -2.40. The zero-order valence-electron chi connectivity index (χ0n) is 13.1. The Hall–Kier alpha value is -1.36. The first-order chi connectivity index (χ1) is 9.47. The van der Waals surface area contributed by atoms with Crippen molar-refractivity contribution in [1.82, 2.24) is 19.8 Å². The Bertz CT molecular complexity index is 480. The Balaban J connectivity index is 1.92. The summed E-state index contributed by atoms with van der Waals surface area (Å²) in [5.74, 6) is 1.77. The van der Waals surface area contributed by atoms with Gasteiger partial charge < -0.3 is 9.88 Å². The molecule has 20 heavy (non-hydrogen) atoms. The molecule has 0 unspecified atom stereocenters. The second kappa shape index (κ2) is 6.39. The molecule has 5 nitrogen and oxygen atoms in total. The van der Waals surface area contributed by atoms with Crippen LogP contribution >= 0.6 is 0 Å². The van der Waals surface area contributed by atoms with Gasteiger partial charge in [-0.3, -0.25) is 9.69 Å². The van der Waals surface area contributed by atoms with E-state index in [0.717, 1.165) is 37.7 Å². The summed E-state index contributed by atoms with van der Waals surface area (Å²) in [4.78, 5) is 18.1. The molecule has 2 heterocycles. The molecule has 0 spiro atoms. The molecule has 1 aromatic heterocycles. The smallest absolute Gasteiger partial charge is 0.216 e. The van der Waals surface area contributed by atoms with Crippen LogP contribution in [-0.2, 0) is 18.4 Å². The number of amides is 1. The highest BCUT2D eigenvalue weighted by atomic mass is 16.1. The summed E-state index contributed by atoms with van der Waals surface area (Å²) in [6.45, 7) is 9.63. The second-order valence-corrected chi connectivity index (χ2v) is 5.94. The number of aromatic nitrogens is 2. The van der Waals surface area contributed by atoms with Crippen LogP contribution in [0.25, 0.3) is 0 Å². The molecule has 1 atom stereocenters. The Morgan fingerprint density at radius 1 is 1.45 bits per heavy atom. The predicted octanol–water partition coefficient (Wildman–Crippen LogP) is 1.39. The number of rotatable bonds is 4. The molecule has 2 rings (SSSR count). The second-order valence-electron chi connectivity index (χ2n) is 5.94. The van der Waals surface area contributed by atoms with Gasteiger partial charge in [-0.1, -0.05) is 0 Å². The number of aryl methyl sites for hydroxylation is 1. The number of likely N-dealkylation sites (tertiary alicyclic amines) is 1. The maximum absolute atomic E-state index is 11.0. The van der Waals surface area contributed by atoms with Crippen molar-refractivity contribution >= 4 is 5.91 Å². The third-order valence-electron chi connectivity index (χ3n) is 4.32. The first kappa shape index (κ1) is 15.0. The molecular formula is C15H26N4O. The van der Waals surface area contributed by atoms with Gasteiger partial charge in [0.25, 0.3) is 0 Å². The fourth-order valence-corrected chi connectivity index (χ4v) is 2.88. The SMILES string of the molecule is CC(=O)NC[C@@H]1CCCN(Cc2nc(C)c(C)n2C)C1. The molecule has 112 valence electrons. The van der Waals surface area contributed by atoms with E-state index in [2.05, 4.69) is 40.7 Å². The lowest BCUT2D eigenvalue weighted by molar-refractivity contribution is -0.119. The van der Waals surface area contributed by atoms with Crippen molar-refractivity contribution in [3.63, 3.8) is 0 Å². The Morgan fingerprint density at radius 2 is 2.20 bits per heavy atom. The molecular weight excluding hydrogens is 252 g/mol. The fourth-order valence-electron chi connectivity index (χ4n) is 2.88. The van der Waals surface area contributed by atoms with Crippen molar-refractivity contribution in [3.8, 4) is 0 Å². The highest BCUT2D eigenvalue weighted by Gasteiger charge is 2.21. The van der Waals surface area contributed by atoms with Gasteiger partial charge in [-0.05, 0) is 39.2 Å². The Labute approximate surface area is 121 Å². The van der Waals surface area contributed by atoms with Crippen LogP contribution in [-0.4, -0.2) is 40.0 Å². The average molecular weight is 278 g/mol. The summed E-state index contributed by atoms with van der Waals surface area (Å²) in [7, 11) is 2.09. The zero-order chi connectivity index (χ0) is 14.7. The third-order valence-corrected chi connectivity index (χ3v) is 4.32. The van der Waals surface area contributed by atoms with E-state index < -0.39 is 0 Å². The number of nitrogens with zero attached hydrogens (tertiary/aromatic N) is 3. The molecule has 1 aromatic rings. The van der Waals surface area contributed by atoms with Crippen molar-refractivity contribution in [1.29, 1.82) is 0 Å². The normalized spacial score (nSPS) is 20.1. The van der Waals surface area contributed by atoms with E-state index in [1.54, 1.807) is 6.92 Å². The van der Waals surface area contributed by atoms with Crippen molar-refractivity contribution in [2.75, 3.05) is 19.6 Å². The van der Waals surface area contributed by atoms with Gasteiger partial charge in [-0.15, -0.1) is 0 Å². The maximum atomic E-state index is 11.0. The maximum Gasteiger partial charge on any atom is 0.216 e. The van der Waals surface area contributed by atoms with Crippen LogP contribution in [0.5, 0.6) is 0 Å². The van der Waals surface area contributed by atoms with Gasteiger partial charge in [0.05, 0.1) is 12.2 Å². The van der Waals surface area contributed by atoms with E-state index in [0.29, 0.717) is 5.92 Å². The van der Waals surface area contributed by atoms with Gasteiger partial charge in [0, 0.05) is 32.8 Å². The van der Waals surface area contributed by atoms with Crippen molar-refractivity contribution < 1.29 is 4.79 Å². The number of nitrogens with one attached hydrogen (secondary N) is 1. The number of hydrogen-bond donors (Lipinski definition) is 1. The number of carbonyl (C=O) groups excluding carboxylic acids is 1. The van der Waals surface area contributed by atoms with E-state index >= 15 is 0 Å². The molecule has 0 aromatic carbocycles. The van der Waals surface area contributed by atoms with E-state index in [4.69, 9.17) is 0 Å². The van der Waals surface area contributed by atoms with Crippen LogP contribution in [0, 0.1) is 19.8 Å². The molecule has 5 heteroatoms. The fraction of sp³-hybridized carbons (Fsp3) is 0.733. The van der Waals surface area contributed by atoms with Gasteiger partial charge in [-0.25, -0.2) is 4.98 Å². The topological polar surface area (TPSA) is 50.2 Å². The predicted molar refractivity (Wildman–Crippen MR) is 79.4 cm³/mol. The number of hydrogen-bond acceptors (Lipinski definition) is 3. The standard InChI is InChI=1S/C15H26N4O/c1-11-12(2)18(4)15(17-11)10-19-7-5-6-14(9-19)8-16-13(3)20/h14H,5-10H2,1-4H3,(H,16,20)/t14-/m0/s1. The lowest BCUT2D eigenvalue weighted by Gasteiger charge is -2.32. The Kier molecular flexibility index (Phi) is 4.81. The molecule has 0 saturated carbocycles. The molecule has 1 aliphatic heterocycles. The summed E-state index contributed by atoms with van der Waals surface area (Å²) < 4.78 is 2.19. The van der Waals surface area contributed by atoms with E-state index in [-0.39, 0.29) is 5.91 Å². The van der Waals surface area contributed by atoms with Crippen LogP contribution in [0.15, 0.2) is 0 Å². The van der Waals surface area contributed by atoms with Crippen LogP contribution < -0.4 is 5.32 Å². The molecule has 1 saturated heterocycles. The highest BCUT2D eigenvalue weighted by molar-refractivity contribution is 5.72. The molecule has 0 radical (unpaired) electrons. The average Bonchev–Trinajstić information content (AvgIpc) is 2.65. The first-order valence-electron chi connectivity index (χ1n) is 7.43. The summed E-state index contributed by atoms with van der Waals surface area (Å²) in [5, 5.41) is 2.94. The lowest BCUT2D eigenvalue weighted by atomic mass is 9.98. The van der Waals surface area contributed by atoms with E-state index in [1.165, 1.54) is 18.5 Å². The minimum absolute atomic E-state index is 0.0671. The highest BCUT2D eigenvalue weighted by Crippen LogP contribution is 2.18. The molecule has 1 amide bonds. The quantitative estimate of drug-likeness (QED) is 0.905. The van der Waals surface area contributed by atoms with Crippen molar-refractivity contribution in [3.05, 3.63) is 17.2 Å². The number of carbonyl (C=O) groups is 1. The first-order valence-corrected chi connectivity index (χ1v) is 7.43. The molecule has 1 aliphatic rings. The third kappa shape index (κ3) is 3.60. The molecule has 0 bridgehead atoms. The zero-order valence-corrected chi connectivity index (χ0v) is 13.1. The summed E-state index contributed by atoms with van der Waals surface area (Å²) in [5.41, 5.74) is 2.36. The van der Waals surface area contributed by atoms with Crippen LogP contribution in [0.4, 0.5) is 0 Å². The molecule has 0 aliphatic carbocycles. The number of imidazole rings is 1. The molecule has 1 N–H and O–H groups in total. The van der Waals surface area contributed by atoms with Crippen molar-refractivity contribution in [2.45, 2.75) is 40.2 Å².